The first kappa shape index (κ1) is 24.7. The number of rotatable bonds is 8. The molecule has 0 aliphatic rings. The number of pyridine rings is 1. The summed E-state index contributed by atoms with van der Waals surface area (Å²) in [5.41, 5.74) is 1.94. The Morgan fingerprint density at radius 3 is 2.56 bits per heavy atom. The van der Waals surface area contributed by atoms with Crippen molar-refractivity contribution in [2.75, 3.05) is 24.4 Å². The van der Waals surface area contributed by atoms with Crippen molar-refractivity contribution < 1.29 is 19.1 Å². The highest BCUT2D eigenvalue weighted by Gasteiger charge is 2.21. The van der Waals surface area contributed by atoms with Gasteiger partial charge >= 0.3 is 6.09 Å². The van der Waals surface area contributed by atoms with Gasteiger partial charge in [-0.3, -0.25) is 14.8 Å². The van der Waals surface area contributed by atoms with Crippen LogP contribution in [0.5, 0.6) is 5.75 Å². The van der Waals surface area contributed by atoms with E-state index >= 15 is 0 Å². The minimum absolute atomic E-state index is 0.217. The zero-order valence-electron chi connectivity index (χ0n) is 20.1. The van der Waals surface area contributed by atoms with Gasteiger partial charge in [0.1, 0.15) is 35.7 Å². The fourth-order valence-corrected chi connectivity index (χ4v) is 3.13. The third kappa shape index (κ3) is 6.09. The molecule has 0 fully saturated rings. The molecule has 0 saturated heterocycles. The third-order valence-corrected chi connectivity index (χ3v) is 4.47. The van der Waals surface area contributed by atoms with E-state index in [2.05, 4.69) is 31.0 Å². The third-order valence-electron chi connectivity index (χ3n) is 4.47. The lowest BCUT2D eigenvalue weighted by Crippen LogP contribution is -2.50. The number of anilines is 3. The number of ether oxygens (including phenoxy) is 2. The van der Waals surface area contributed by atoms with E-state index in [1.54, 1.807) is 44.2 Å². The van der Waals surface area contributed by atoms with Gasteiger partial charge in [0, 0.05) is 19.3 Å². The molecule has 3 N–H and O–H groups in total. The Hall–Kier alpha value is -3.96. The van der Waals surface area contributed by atoms with E-state index in [9.17, 15) is 9.59 Å². The fraction of sp³-hybridized carbons (Fsp3) is 0.250. The van der Waals surface area contributed by atoms with Gasteiger partial charge in [0.25, 0.3) is 5.91 Å². The maximum absolute atomic E-state index is 13.0. The summed E-state index contributed by atoms with van der Waals surface area (Å²) in [5.74, 6) is 0.877. The monoisotopic (exact) mass is 461 g/mol. The molecule has 2 amide bonds. The van der Waals surface area contributed by atoms with Gasteiger partial charge in [-0.15, -0.1) is 0 Å². The predicted octanol–water partition coefficient (Wildman–Crippen LogP) is -0.562. The molecule has 3 rings (SSSR count). The summed E-state index contributed by atoms with van der Waals surface area (Å²) in [6.45, 7) is 1.92. The molecule has 1 aromatic carbocycles. The number of nitrogens with zero attached hydrogens (tertiary/aromatic N) is 4. The van der Waals surface area contributed by atoms with E-state index in [1.807, 2.05) is 35.7 Å². The molecular formula is C20H26B3N7O4. The van der Waals surface area contributed by atoms with Gasteiger partial charge in [0.05, 0.1) is 36.2 Å². The Labute approximate surface area is 200 Å². The largest absolute Gasteiger partial charge is 0.494 e. The van der Waals surface area contributed by atoms with Crippen molar-refractivity contribution in [2.24, 2.45) is 7.05 Å². The molecule has 34 heavy (non-hydrogen) atoms. The molecular weight excluding hydrogens is 435 g/mol. The molecule has 0 radical (unpaired) electrons. The lowest BCUT2D eigenvalue weighted by molar-refractivity contribution is 0.0953. The minimum Gasteiger partial charge on any atom is -0.494 e. The molecule has 14 heteroatoms. The van der Waals surface area contributed by atoms with Crippen molar-refractivity contribution in [3.63, 3.8) is 0 Å². The van der Waals surface area contributed by atoms with Crippen LogP contribution in [-0.2, 0) is 11.8 Å². The molecule has 174 valence electrons. The summed E-state index contributed by atoms with van der Waals surface area (Å²) < 4.78 is 12.2. The summed E-state index contributed by atoms with van der Waals surface area (Å²) in [5, 5.41) is 12.6. The molecule has 0 aliphatic heterocycles. The molecule has 11 nitrogen and oxygen atoms in total. The second-order valence-corrected chi connectivity index (χ2v) is 8.42. The van der Waals surface area contributed by atoms with E-state index < -0.39 is 11.3 Å². The van der Waals surface area contributed by atoms with Gasteiger partial charge in [0.15, 0.2) is 11.6 Å². The summed E-state index contributed by atoms with van der Waals surface area (Å²) in [6, 6.07) is 7.02. The summed E-state index contributed by atoms with van der Waals surface area (Å²) in [4.78, 5) is 33.4. The predicted molar refractivity (Wildman–Crippen MR) is 137 cm³/mol. The van der Waals surface area contributed by atoms with Crippen LogP contribution in [-0.4, -0.2) is 74.2 Å². The molecule has 0 spiro atoms. The van der Waals surface area contributed by atoms with Crippen LogP contribution in [0.25, 0.3) is 11.4 Å². The van der Waals surface area contributed by atoms with E-state index in [1.165, 1.54) is 6.20 Å². The van der Waals surface area contributed by atoms with E-state index in [0.717, 1.165) is 0 Å². The van der Waals surface area contributed by atoms with Crippen molar-refractivity contribution in [1.82, 2.24) is 25.1 Å². The van der Waals surface area contributed by atoms with Crippen LogP contribution >= 0.6 is 0 Å². The smallest absolute Gasteiger partial charge is 0.412 e. The molecule has 2 heterocycles. The first-order valence-corrected chi connectivity index (χ1v) is 10.7. The average Bonchev–Trinajstić information content (AvgIpc) is 3.18. The van der Waals surface area contributed by atoms with E-state index in [4.69, 9.17) is 9.47 Å². The van der Waals surface area contributed by atoms with Gasteiger partial charge in [-0.25, -0.2) is 14.8 Å². The topological polar surface area (TPSA) is 132 Å². The fourth-order valence-electron chi connectivity index (χ4n) is 3.13. The van der Waals surface area contributed by atoms with Crippen molar-refractivity contribution in [3.05, 3.63) is 42.4 Å². The van der Waals surface area contributed by atoms with Gasteiger partial charge in [-0.05, 0) is 24.3 Å². The van der Waals surface area contributed by atoms with Gasteiger partial charge in [0.2, 0.25) is 0 Å². The first-order chi connectivity index (χ1) is 16.1. The number of hydrogen-bond donors (Lipinski definition) is 3. The van der Waals surface area contributed by atoms with Gasteiger partial charge in [-0.1, -0.05) is 6.07 Å². The first-order valence-electron chi connectivity index (χ1n) is 10.7. The number of para-hydroxylation sites is 1. The van der Waals surface area contributed by atoms with Crippen LogP contribution in [0, 0.1) is 0 Å². The number of nitrogens with one attached hydrogen (secondary N) is 3. The molecule has 0 aliphatic carbocycles. The number of aryl methyl sites for hydroxylation is 1. The molecule has 3 aromatic rings. The second kappa shape index (κ2) is 10.3. The Balaban J connectivity index is 2.04. The van der Waals surface area contributed by atoms with Crippen molar-refractivity contribution in [1.29, 1.82) is 0 Å². The summed E-state index contributed by atoms with van der Waals surface area (Å²) >= 11 is 0. The molecule has 0 unspecified atom stereocenters. The van der Waals surface area contributed by atoms with Crippen molar-refractivity contribution >= 4 is 52.7 Å². The molecule has 0 atom stereocenters. The number of amides is 2. The van der Waals surface area contributed by atoms with Crippen LogP contribution in [0.15, 0.2) is 36.8 Å². The SMILES string of the molecule is BC(B)(B)NC(=O)c1cnc(NC(=O)OCC)cc1Nc1cccc(-c2ncn(C)n2)c1OC. The van der Waals surface area contributed by atoms with Crippen molar-refractivity contribution in [3.8, 4) is 17.1 Å². The van der Waals surface area contributed by atoms with Crippen molar-refractivity contribution in [2.45, 2.75) is 12.2 Å². The number of methoxy groups -OCH3 is 1. The number of benzene rings is 1. The number of hydrogen-bond acceptors (Lipinski definition) is 8. The van der Waals surface area contributed by atoms with E-state index in [-0.39, 0.29) is 23.9 Å². The van der Waals surface area contributed by atoms with Gasteiger partial charge in [-0.2, -0.15) is 5.10 Å². The molecule has 2 aromatic heterocycles. The Morgan fingerprint density at radius 2 is 1.94 bits per heavy atom. The van der Waals surface area contributed by atoms with E-state index in [0.29, 0.717) is 28.5 Å². The maximum atomic E-state index is 13.0. The van der Waals surface area contributed by atoms with Gasteiger partial charge < -0.3 is 20.1 Å². The van der Waals surface area contributed by atoms with Crippen LogP contribution in [0.4, 0.5) is 22.0 Å². The second-order valence-electron chi connectivity index (χ2n) is 8.42. The Bertz CT molecular complexity index is 1200. The molecule has 0 bridgehead atoms. The summed E-state index contributed by atoms with van der Waals surface area (Å²) in [6.07, 6.45) is 2.34. The van der Waals surface area contributed by atoms with Crippen LogP contribution in [0.2, 0.25) is 0 Å². The van der Waals surface area contributed by atoms with Crippen LogP contribution in [0.3, 0.4) is 0 Å². The number of carbonyl (C=O) groups excluding carboxylic acids is 2. The maximum Gasteiger partial charge on any atom is 0.412 e. The highest BCUT2D eigenvalue weighted by Crippen LogP contribution is 2.37. The highest BCUT2D eigenvalue weighted by molar-refractivity contribution is 6.60. The van der Waals surface area contributed by atoms with Crippen LogP contribution in [0.1, 0.15) is 17.3 Å². The lowest BCUT2D eigenvalue weighted by atomic mass is 9.49. The molecule has 0 saturated carbocycles. The Morgan fingerprint density at radius 1 is 1.18 bits per heavy atom. The standard InChI is InChI=1S/C20H26B3N7O4/c1-4-34-19(32)27-15-8-14(12(9-24-15)18(31)28-20(21,22)23)26-13-7-5-6-11(16(13)33-3)17-25-10-30(2)29-17/h5-10H,4,21-23H2,1-3H3,(H,28,31)(H2,24,26,27,32). The average molecular weight is 461 g/mol. The Kier molecular flexibility index (Phi) is 7.49. The number of aromatic nitrogens is 4. The minimum atomic E-state index is -0.645. The quantitative estimate of drug-likeness (QED) is 0.381. The zero-order chi connectivity index (χ0) is 24.9. The normalized spacial score (nSPS) is 10.9. The highest BCUT2D eigenvalue weighted by atomic mass is 16.5. The lowest BCUT2D eigenvalue weighted by Gasteiger charge is -2.22. The zero-order valence-corrected chi connectivity index (χ0v) is 20.1. The van der Waals surface area contributed by atoms with Crippen LogP contribution < -0.4 is 20.7 Å². The summed E-state index contributed by atoms with van der Waals surface area (Å²) in [7, 11) is 8.97. The number of carbonyl (C=O) groups is 2.